The third-order valence-electron chi connectivity index (χ3n) is 2.17. The summed E-state index contributed by atoms with van der Waals surface area (Å²) in [4.78, 5) is 10.3. The molecule has 0 fully saturated rings. The lowest BCUT2D eigenvalue weighted by atomic mass is 10.1. The molecule has 0 bridgehead atoms. The van der Waals surface area contributed by atoms with Crippen molar-refractivity contribution in [2.75, 3.05) is 13.1 Å². The van der Waals surface area contributed by atoms with Crippen LogP contribution in [0.2, 0.25) is 0 Å². The van der Waals surface area contributed by atoms with Gasteiger partial charge in [0, 0.05) is 25.2 Å². The van der Waals surface area contributed by atoms with E-state index in [1.807, 2.05) is 0 Å². The fraction of sp³-hybridized carbons (Fsp3) is 0.273. The molecular formula is C11H12F2N4O. The van der Waals surface area contributed by atoms with Gasteiger partial charge in [0.05, 0.1) is 11.6 Å². The van der Waals surface area contributed by atoms with Crippen molar-refractivity contribution in [1.29, 1.82) is 5.26 Å². The van der Waals surface area contributed by atoms with Crippen LogP contribution in [0.3, 0.4) is 0 Å². The average Bonchev–Trinajstić information content (AvgIpc) is 2.31. The summed E-state index contributed by atoms with van der Waals surface area (Å²) in [5, 5.41) is 13.6. The molecule has 7 heteroatoms. The molecule has 2 amide bonds. The minimum atomic E-state index is -0.776. The van der Waals surface area contributed by atoms with Crippen LogP contribution in [0.4, 0.5) is 13.6 Å². The second kappa shape index (κ2) is 6.51. The number of urea groups is 1. The van der Waals surface area contributed by atoms with Gasteiger partial charge in [0.1, 0.15) is 11.6 Å². The van der Waals surface area contributed by atoms with E-state index < -0.39 is 17.7 Å². The number of nitrogens with zero attached hydrogens (tertiary/aromatic N) is 1. The van der Waals surface area contributed by atoms with Crippen LogP contribution < -0.4 is 16.4 Å². The number of carbonyl (C=O) groups excluding carboxylic acids is 1. The van der Waals surface area contributed by atoms with Gasteiger partial charge in [-0.25, -0.2) is 13.6 Å². The summed E-state index contributed by atoms with van der Waals surface area (Å²) in [5.74, 6) is -1.55. The van der Waals surface area contributed by atoms with Gasteiger partial charge in [-0.15, -0.1) is 0 Å². The lowest BCUT2D eigenvalue weighted by molar-refractivity contribution is 0.249. The topological polar surface area (TPSA) is 90.9 Å². The minimum Gasteiger partial charge on any atom is -0.352 e. The number of nitrogens with two attached hydrogens (primary N) is 1. The molecule has 0 heterocycles. The number of nitrogens with one attached hydrogen (secondary N) is 2. The van der Waals surface area contributed by atoms with E-state index in [4.69, 9.17) is 11.0 Å². The van der Waals surface area contributed by atoms with Crippen LogP contribution >= 0.6 is 0 Å². The summed E-state index contributed by atoms with van der Waals surface area (Å²) >= 11 is 0. The Hall–Kier alpha value is -2.20. The molecule has 0 aromatic heterocycles. The van der Waals surface area contributed by atoms with E-state index in [2.05, 4.69) is 10.6 Å². The fourth-order valence-electron chi connectivity index (χ4n) is 1.32. The Balaban J connectivity index is 2.53. The summed E-state index contributed by atoms with van der Waals surface area (Å²) in [6.07, 6.45) is 0. The van der Waals surface area contributed by atoms with Gasteiger partial charge in [-0.05, 0) is 12.1 Å². The molecular weight excluding hydrogens is 242 g/mol. The van der Waals surface area contributed by atoms with Crippen LogP contribution in [0.15, 0.2) is 12.1 Å². The number of nitriles is 1. The zero-order chi connectivity index (χ0) is 13.5. The number of hydrogen-bond donors (Lipinski definition) is 3. The molecule has 18 heavy (non-hydrogen) atoms. The van der Waals surface area contributed by atoms with Gasteiger partial charge in [0.15, 0.2) is 0 Å². The van der Waals surface area contributed by atoms with Crippen LogP contribution in [-0.2, 0) is 6.54 Å². The van der Waals surface area contributed by atoms with Crippen LogP contribution in [0.5, 0.6) is 0 Å². The van der Waals surface area contributed by atoms with Gasteiger partial charge in [0.2, 0.25) is 0 Å². The maximum Gasteiger partial charge on any atom is 0.312 e. The minimum absolute atomic E-state index is 0.0379. The SMILES string of the molecule is N#Cc1cc(F)c(CNCCNC(N)=O)c(F)c1. The molecule has 0 aliphatic rings. The molecule has 0 saturated heterocycles. The van der Waals surface area contributed by atoms with Crippen LogP contribution in [-0.4, -0.2) is 19.1 Å². The molecule has 1 aromatic carbocycles. The standard InChI is InChI=1S/C11H12F2N4O/c12-9-3-7(5-14)4-10(13)8(9)6-16-1-2-17-11(15)18/h3-4,16H,1-2,6H2,(H3,15,17,18). The number of carbonyl (C=O) groups is 1. The molecule has 1 rings (SSSR count). The van der Waals surface area contributed by atoms with Gasteiger partial charge >= 0.3 is 6.03 Å². The number of amides is 2. The molecule has 0 aliphatic carbocycles. The van der Waals surface area contributed by atoms with Crippen molar-refractivity contribution in [3.05, 3.63) is 34.9 Å². The number of hydrogen-bond acceptors (Lipinski definition) is 3. The van der Waals surface area contributed by atoms with Crippen molar-refractivity contribution in [2.24, 2.45) is 5.73 Å². The second-order valence-corrected chi connectivity index (χ2v) is 3.50. The van der Waals surface area contributed by atoms with Gasteiger partial charge < -0.3 is 16.4 Å². The van der Waals surface area contributed by atoms with E-state index in [-0.39, 0.29) is 24.2 Å². The lowest BCUT2D eigenvalue weighted by Crippen LogP contribution is -2.35. The number of primary amides is 1. The van der Waals surface area contributed by atoms with Crippen LogP contribution in [0.1, 0.15) is 11.1 Å². The van der Waals surface area contributed by atoms with E-state index in [9.17, 15) is 13.6 Å². The van der Waals surface area contributed by atoms with E-state index in [0.29, 0.717) is 6.54 Å². The number of benzene rings is 1. The highest BCUT2D eigenvalue weighted by molar-refractivity contribution is 5.71. The van der Waals surface area contributed by atoms with E-state index in [0.717, 1.165) is 12.1 Å². The zero-order valence-electron chi connectivity index (χ0n) is 9.46. The largest absolute Gasteiger partial charge is 0.352 e. The molecule has 4 N–H and O–H groups in total. The Bertz CT molecular complexity index is 461. The maximum atomic E-state index is 13.4. The highest BCUT2D eigenvalue weighted by atomic mass is 19.1. The van der Waals surface area contributed by atoms with Crippen molar-refractivity contribution < 1.29 is 13.6 Å². The summed E-state index contributed by atoms with van der Waals surface area (Å²) in [7, 11) is 0. The molecule has 1 aromatic rings. The Labute approximate surface area is 103 Å². The first-order chi connectivity index (χ1) is 8.54. The predicted octanol–water partition coefficient (Wildman–Crippen LogP) is 0.594. The summed E-state index contributed by atoms with van der Waals surface area (Å²) in [6, 6.07) is 2.95. The van der Waals surface area contributed by atoms with Crippen molar-refractivity contribution in [1.82, 2.24) is 10.6 Å². The van der Waals surface area contributed by atoms with Crippen LogP contribution in [0, 0.1) is 23.0 Å². The van der Waals surface area contributed by atoms with E-state index in [1.165, 1.54) is 0 Å². The van der Waals surface area contributed by atoms with Crippen molar-refractivity contribution in [3.63, 3.8) is 0 Å². The molecule has 0 spiro atoms. The van der Waals surface area contributed by atoms with Gasteiger partial charge in [0.25, 0.3) is 0 Å². The first-order valence-electron chi connectivity index (χ1n) is 5.16. The third kappa shape index (κ3) is 3.99. The highest BCUT2D eigenvalue weighted by Crippen LogP contribution is 2.14. The Morgan fingerprint density at radius 1 is 1.33 bits per heavy atom. The summed E-state index contributed by atoms with van der Waals surface area (Å²) < 4.78 is 26.8. The second-order valence-electron chi connectivity index (χ2n) is 3.50. The summed E-state index contributed by atoms with van der Waals surface area (Å²) in [6.45, 7) is 0.542. The zero-order valence-corrected chi connectivity index (χ0v) is 9.46. The molecule has 0 radical (unpaired) electrons. The van der Waals surface area contributed by atoms with Crippen molar-refractivity contribution >= 4 is 6.03 Å². The Morgan fingerprint density at radius 3 is 2.44 bits per heavy atom. The monoisotopic (exact) mass is 254 g/mol. The number of rotatable bonds is 5. The highest BCUT2D eigenvalue weighted by Gasteiger charge is 2.10. The summed E-state index contributed by atoms with van der Waals surface area (Å²) in [5.41, 5.74) is 4.63. The van der Waals surface area contributed by atoms with E-state index >= 15 is 0 Å². The molecule has 0 unspecified atom stereocenters. The predicted molar refractivity (Wildman–Crippen MR) is 60.4 cm³/mol. The van der Waals surface area contributed by atoms with Gasteiger partial charge in [-0.1, -0.05) is 0 Å². The molecule has 5 nitrogen and oxygen atoms in total. The van der Waals surface area contributed by atoms with Gasteiger partial charge in [-0.2, -0.15) is 5.26 Å². The lowest BCUT2D eigenvalue weighted by Gasteiger charge is -2.07. The maximum absolute atomic E-state index is 13.4. The Kier molecular flexibility index (Phi) is 5.02. The van der Waals surface area contributed by atoms with Crippen molar-refractivity contribution in [2.45, 2.75) is 6.54 Å². The normalized spacial score (nSPS) is 9.83. The van der Waals surface area contributed by atoms with E-state index in [1.54, 1.807) is 6.07 Å². The molecule has 0 atom stereocenters. The fourth-order valence-corrected chi connectivity index (χ4v) is 1.32. The van der Waals surface area contributed by atoms with Gasteiger partial charge in [-0.3, -0.25) is 0 Å². The molecule has 0 saturated carbocycles. The third-order valence-corrected chi connectivity index (χ3v) is 2.17. The smallest absolute Gasteiger partial charge is 0.312 e. The van der Waals surface area contributed by atoms with Crippen molar-refractivity contribution in [3.8, 4) is 6.07 Å². The molecule has 96 valence electrons. The Morgan fingerprint density at radius 2 is 1.94 bits per heavy atom. The first kappa shape index (κ1) is 13.9. The average molecular weight is 254 g/mol. The van der Waals surface area contributed by atoms with Crippen LogP contribution in [0.25, 0.3) is 0 Å². The quantitative estimate of drug-likeness (QED) is 0.672. The number of halogens is 2. The first-order valence-corrected chi connectivity index (χ1v) is 5.16. The molecule has 0 aliphatic heterocycles.